The Kier molecular flexibility index (Phi) is 5.83. The lowest BCUT2D eigenvalue weighted by Crippen LogP contribution is -2.44. The molecular formula is C13H17BrClNOS. The SMILES string of the molecule is CNC(Cc1ccc(Br)cc1Cl)C1CSCCO1. The van der Waals surface area contributed by atoms with E-state index in [0.29, 0.717) is 6.04 Å². The fraction of sp³-hybridized carbons (Fsp3) is 0.538. The summed E-state index contributed by atoms with van der Waals surface area (Å²) in [6, 6.07) is 6.37. The molecule has 1 heterocycles. The molecule has 2 atom stereocenters. The summed E-state index contributed by atoms with van der Waals surface area (Å²) in [6.45, 7) is 0.849. The maximum Gasteiger partial charge on any atom is 0.0821 e. The molecule has 2 rings (SSSR count). The molecule has 1 aliphatic rings. The maximum absolute atomic E-state index is 6.27. The highest BCUT2D eigenvalue weighted by atomic mass is 79.9. The van der Waals surface area contributed by atoms with E-state index in [4.69, 9.17) is 16.3 Å². The largest absolute Gasteiger partial charge is 0.375 e. The molecule has 2 nitrogen and oxygen atoms in total. The van der Waals surface area contributed by atoms with Gasteiger partial charge in [-0.3, -0.25) is 0 Å². The molecule has 100 valence electrons. The second kappa shape index (κ2) is 7.15. The van der Waals surface area contributed by atoms with Gasteiger partial charge in [0.15, 0.2) is 0 Å². The first-order valence-electron chi connectivity index (χ1n) is 6.01. The Morgan fingerprint density at radius 2 is 2.44 bits per heavy atom. The first kappa shape index (κ1) is 14.7. The molecule has 2 unspecified atom stereocenters. The molecule has 1 aromatic rings. The van der Waals surface area contributed by atoms with E-state index < -0.39 is 0 Å². The van der Waals surface area contributed by atoms with E-state index in [1.54, 1.807) is 0 Å². The number of benzene rings is 1. The van der Waals surface area contributed by atoms with Crippen LogP contribution in [-0.4, -0.2) is 37.3 Å². The summed E-state index contributed by atoms with van der Waals surface area (Å²) in [5.41, 5.74) is 1.17. The van der Waals surface area contributed by atoms with Crippen molar-refractivity contribution in [3.8, 4) is 0 Å². The van der Waals surface area contributed by atoms with E-state index in [1.807, 2.05) is 30.9 Å². The van der Waals surface area contributed by atoms with Gasteiger partial charge in [-0.25, -0.2) is 0 Å². The van der Waals surface area contributed by atoms with Crippen molar-refractivity contribution < 1.29 is 4.74 Å². The molecule has 0 spiro atoms. The molecule has 0 bridgehead atoms. The third kappa shape index (κ3) is 3.87. The van der Waals surface area contributed by atoms with Crippen molar-refractivity contribution in [3.05, 3.63) is 33.3 Å². The van der Waals surface area contributed by atoms with E-state index in [-0.39, 0.29) is 6.10 Å². The molecule has 1 N–H and O–H groups in total. The Labute approximate surface area is 126 Å². The minimum atomic E-state index is 0.272. The fourth-order valence-electron chi connectivity index (χ4n) is 2.08. The van der Waals surface area contributed by atoms with Gasteiger partial charge in [0.2, 0.25) is 0 Å². The molecule has 5 heteroatoms. The molecule has 0 radical (unpaired) electrons. The smallest absolute Gasteiger partial charge is 0.0821 e. The molecular weight excluding hydrogens is 334 g/mol. The number of likely N-dealkylation sites (N-methyl/N-ethyl adjacent to an activating group) is 1. The quantitative estimate of drug-likeness (QED) is 0.899. The number of hydrogen-bond acceptors (Lipinski definition) is 3. The molecule has 1 saturated heterocycles. The van der Waals surface area contributed by atoms with Crippen molar-refractivity contribution in [2.75, 3.05) is 25.2 Å². The van der Waals surface area contributed by atoms with Crippen molar-refractivity contribution in [2.45, 2.75) is 18.6 Å². The van der Waals surface area contributed by atoms with Gasteiger partial charge in [0.05, 0.1) is 12.7 Å². The van der Waals surface area contributed by atoms with Crippen LogP contribution in [0.4, 0.5) is 0 Å². The van der Waals surface area contributed by atoms with E-state index in [9.17, 15) is 0 Å². The van der Waals surface area contributed by atoms with Gasteiger partial charge in [-0.1, -0.05) is 33.6 Å². The second-order valence-corrected chi connectivity index (χ2v) is 6.79. The number of rotatable bonds is 4. The van der Waals surface area contributed by atoms with Crippen LogP contribution in [0.15, 0.2) is 22.7 Å². The number of nitrogens with one attached hydrogen (secondary N) is 1. The lowest BCUT2D eigenvalue weighted by molar-refractivity contribution is 0.0492. The van der Waals surface area contributed by atoms with Gasteiger partial charge in [0.25, 0.3) is 0 Å². The average Bonchev–Trinajstić information content (AvgIpc) is 2.39. The van der Waals surface area contributed by atoms with Gasteiger partial charge in [-0.15, -0.1) is 0 Å². The second-order valence-electron chi connectivity index (χ2n) is 4.32. The van der Waals surface area contributed by atoms with Crippen molar-refractivity contribution in [2.24, 2.45) is 0 Å². The lowest BCUT2D eigenvalue weighted by atomic mass is 10.0. The molecule has 0 amide bonds. The van der Waals surface area contributed by atoms with Crippen LogP contribution in [0.3, 0.4) is 0 Å². The van der Waals surface area contributed by atoms with Crippen LogP contribution < -0.4 is 5.32 Å². The van der Waals surface area contributed by atoms with Crippen molar-refractivity contribution >= 4 is 39.3 Å². The zero-order valence-electron chi connectivity index (χ0n) is 10.3. The van der Waals surface area contributed by atoms with Crippen molar-refractivity contribution in [3.63, 3.8) is 0 Å². The van der Waals surface area contributed by atoms with Crippen LogP contribution in [-0.2, 0) is 11.2 Å². The highest BCUT2D eigenvalue weighted by molar-refractivity contribution is 9.10. The summed E-state index contributed by atoms with van der Waals surface area (Å²) in [5.74, 6) is 2.16. The highest BCUT2D eigenvalue weighted by Crippen LogP contribution is 2.24. The average molecular weight is 351 g/mol. The standard InChI is InChI=1S/C13H17BrClNOS/c1-16-12(13-8-18-5-4-17-13)6-9-2-3-10(14)7-11(9)15/h2-3,7,12-13,16H,4-6,8H2,1H3. The maximum atomic E-state index is 6.27. The molecule has 0 aliphatic carbocycles. The minimum Gasteiger partial charge on any atom is -0.375 e. The Balaban J connectivity index is 2.04. The first-order valence-corrected chi connectivity index (χ1v) is 8.34. The zero-order chi connectivity index (χ0) is 13.0. The Morgan fingerprint density at radius 1 is 1.61 bits per heavy atom. The zero-order valence-corrected chi connectivity index (χ0v) is 13.4. The lowest BCUT2D eigenvalue weighted by Gasteiger charge is -2.30. The summed E-state index contributed by atoms with van der Waals surface area (Å²) in [7, 11) is 1.99. The number of hydrogen-bond donors (Lipinski definition) is 1. The van der Waals surface area contributed by atoms with Gasteiger partial charge in [-0.2, -0.15) is 11.8 Å². The molecule has 18 heavy (non-hydrogen) atoms. The Morgan fingerprint density at radius 3 is 3.06 bits per heavy atom. The van der Waals surface area contributed by atoms with Crippen LogP contribution in [0.5, 0.6) is 0 Å². The summed E-state index contributed by atoms with van der Waals surface area (Å²) in [4.78, 5) is 0. The molecule has 1 aliphatic heterocycles. The molecule has 0 saturated carbocycles. The van der Waals surface area contributed by atoms with Crippen molar-refractivity contribution in [1.82, 2.24) is 5.32 Å². The topological polar surface area (TPSA) is 21.3 Å². The summed E-state index contributed by atoms with van der Waals surface area (Å²) < 4.78 is 6.85. The van der Waals surface area contributed by atoms with Crippen LogP contribution in [0.2, 0.25) is 5.02 Å². The van der Waals surface area contributed by atoms with Gasteiger partial charge in [0.1, 0.15) is 0 Å². The monoisotopic (exact) mass is 349 g/mol. The van der Waals surface area contributed by atoms with Crippen LogP contribution in [0.1, 0.15) is 5.56 Å². The van der Waals surface area contributed by atoms with E-state index in [0.717, 1.165) is 34.0 Å². The molecule has 1 fully saturated rings. The Bertz CT molecular complexity index is 399. The fourth-order valence-corrected chi connectivity index (χ4v) is 3.77. The summed E-state index contributed by atoms with van der Waals surface area (Å²) in [5, 5.41) is 4.17. The van der Waals surface area contributed by atoms with Gasteiger partial charge >= 0.3 is 0 Å². The summed E-state index contributed by atoms with van der Waals surface area (Å²) >= 11 is 11.7. The van der Waals surface area contributed by atoms with E-state index in [2.05, 4.69) is 27.3 Å². The van der Waals surface area contributed by atoms with Crippen LogP contribution in [0.25, 0.3) is 0 Å². The predicted octanol–water partition coefficient (Wildman–Crippen LogP) is 3.37. The van der Waals surface area contributed by atoms with Gasteiger partial charge < -0.3 is 10.1 Å². The number of ether oxygens (including phenoxy) is 1. The molecule has 0 aromatic heterocycles. The van der Waals surface area contributed by atoms with Gasteiger partial charge in [-0.05, 0) is 31.2 Å². The summed E-state index contributed by atoms with van der Waals surface area (Å²) in [6.07, 6.45) is 1.17. The van der Waals surface area contributed by atoms with E-state index >= 15 is 0 Å². The van der Waals surface area contributed by atoms with E-state index in [1.165, 1.54) is 5.56 Å². The first-order chi connectivity index (χ1) is 8.70. The third-order valence-corrected chi connectivity index (χ3v) is 4.98. The highest BCUT2D eigenvalue weighted by Gasteiger charge is 2.24. The Hall–Kier alpha value is 0.260. The van der Waals surface area contributed by atoms with Crippen LogP contribution >= 0.6 is 39.3 Å². The van der Waals surface area contributed by atoms with Crippen LogP contribution in [0, 0.1) is 0 Å². The normalized spacial score (nSPS) is 21.8. The molecule has 1 aromatic carbocycles. The third-order valence-electron chi connectivity index (χ3n) is 3.12. The predicted molar refractivity (Wildman–Crippen MR) is 82.8 cm³/mol. The van der Waals surface area contributed by atoms with Crippen molar-refractivity contribution in [1.29, 1.82) is 0 Å². The number of halogens is 2. The van der Waals surface area contributed by atoms with Gasteiger partial charge in [0, 0.05) is 27.0 Å². The number of thioether (sulfide) groups is 1. The minimum absolute atomic E-state index is 0.272.